The Hall–Kier alpha value is -2.77. The van der Waals surface area contributed by atoms with Gasteiger partial charge in [-0.25, -0.2) is 14.4 Å². The van der Waals surface area contributed by atoms with E-state index in [0.717, 1.165) is 5.56 Å². The van der Waals surface area contributed by atoms with E-state index in [-0.39, 0.29) is 13.2 Å². The molecule has 25 heavy (non-hydrogen) atoms. The largest absolute Gasteiger partial charge is 0.467 e. The van der Waals surface area contributed by atoms with Crippen LogP contribution in [-0.4, -0.2) is 43.5 Å². The Morgan fingerprint density at radius 1 is 1.12 bits per heavy atom. The molecule has 0 saturated heterocycles. The van der Waals surface area contributed by atoms with Crippen molar-refractivity contribution >= 4 is 18.2 Å². The fourth-order valence-corrected chi connectivity index (χ4v) is 1.79. The lowest BCUT2D eigenvalue weighted by molar-refractivity contribution is -0.142. The van der Waals surface area contributed by atoms with Crippen LogP contribution in [0.25, 0.3) is 0 Å². The number of esters is 1. The summed E-state index contributed by atoms with van der Waals surface area (Å²) in [7, 11) is 1.22. The molecule has 0 saturated carbocycles. The molecule has 0 spiro atoms. The Morgan fingerprint density at radius 3 is 2.36 bits per heavy atom. The third kappa shape index (κ3) is 8.05. The minimum Gasteiger partial charge on any atom is -0.467 e. The molecule has 0 fully saturated rings. The number of benzene rings is 1. The molecule has 1 aromatic rings. The van der Waals surface area contributed by atoms with E-state index in [1.54, 1.807) is 13.8 Å². The summed E-state index contributed by atoms with van der Waals surface area (Å²) in [5.41, 5.74) is -0.129. The lowest BCUT2D eigenvalue weighted by Crippen LogP contribution is -2.47. The van der Waals surface area contributed by atoms with Crippen molar-refractivity contribution < 1.29 is 28.6 Å². The van der Waals surface area contributed by atoms with Crippen molar-refractivity contribution in [2.45, 2.75) is 39.0 Å². The Bertz CT molecular complexity index is 588. The molecule has 0 heterocycles. The quantitative estimate of drug-likeness (QED) is 0.574. The minimum absolute atomic E-state index is 0.0423. The highest BCUT2D eigenvalue weighted by atomic mass is 16.6. The number of hydrogen-bond acceptors (Lipinski definition) is 6. The number of carbonyl (C=O) groups is 3. The molecule has 2 N–H and O–H groups in total. The van der Waals surface area contributed by atoms with E-state index in [2.05, 4.69) is 15.4 Å². The molecule has 1 aromatic carbocycles. The Kier molecular flexibility index (Phi) is 7.71. The molecule has 0 aliphatic rings. The van der Waals surface area contributed by atoms with Crippen molar-refractivity contribution in [2.75, 3.05) is 13.7 Å². The SMILES string of the molecule is COC(=O)[C@H](C)NC(=O)OC(C)(C)CNC(=O)OCc1ccccc1. The number of amides is 2. The molecule has 0 bridgehead atoms. The minimum atomic E-state index is -0.994. The van der Waals surface area contributed by atoms with Crippen LogP contribution in [0, 0.1) is 0 Å². The van der Waals surface area contributed by atoms with Crippen LogP contribution in [-0.2, 0) is 25.6 Å². The fraction of sp³-hybridized carbons (Fsp3) is 0.471. The fourth-order valence-electron chi connectivity index (χ4n) is 1.79. The van der Waals surface area contributed by atoms with Gasteiger partial charge in [-0.15, -0.1) is 0 Å². The van der Waals surface area contributed by atoms with Gasteiger partial charge in [0.15, 0.2) is 0 Å². The standard InChI is InChI=1S/C17H24N2O6/c1-12(14(20)23-4)19-16(22)25-17(2,3)11-18-15(21)24-10-13-8-6-5-7-9-13/h5-9,12H,10-11H2,1-4H3,(H,18,21)(H,19,22)/t12-/m0/s1. The third-order valence-corrected chi connectivity index (χ3v) is 3.13. The van der Waals surface area contributed by atoms with Crippen molar-refractivity contribution in [2.24, 2.45) is 0 Å². The van der Waals surface area contributed by atoms with Gasteiger partial charge >= 0.3 is 18.2 Å². The lowest BCUT2D eigenvalue weighted by Gasteiger charge is -2.26. The van der Waals surface area contributed by atoms with E-state index >= 15 is 0 Å². The molecule has 138 valence electrons. The third-order valence-electron chi connectivity index (χ3n) is 3.13. The van der Waals surface area contributed by atoms with Gasteiger partial charge in [-0.2, -0.15) is 0 Å². The van der Waals surface area contributed by atoms with Crippen molar-refractivity contribution in [1.82, 2.24) is 10.6 Å². The highest BCUT2D eigenvalue weighted by Crippen LogP contribution is 2.08. The van der Waals surface area contributed by atoms with E-state index < -0.39 is 29.8 Å². The number of nitrogens with one attached hydrogen (secondary N) is 2. The summed E-state index contributed by atoms with van der Waals surface area (Å²) in [6.45, 7) is 4.89. The second-order valence-electron chi connectivity index (χ2n) is 5.95. The average molecular weight is 352 g/mol. The number of rotatable bonds is 7. The summed E-state index contributed by atoms with van der Waals surface area (Å²) in [6, 6.07) is 8.41. The van der Waals surface area contributed by atoms with Crippen LogP contribution in [0.3, 0.4) is 0 Å². The first-order valence-corrected chi connectivity index (χ1v) is 7.75. The highest BCUT2D eigenvalue weighted by Gasteiger charge is 2.26. The molecule has 8 nitrogen and oxygen atoms in total. The molecule has 0 unspecified atom stereocenters. The zero-order valence-electron chi connectivity index (χ0n) is 14.8. The monoisotopic (exact) mass is 352 g/mol. The first kappa shape index (κ1) is 20.3. The van der Waals surface area contributed by atoms with Gasteiger partial charge in [-0.05, 0) is 26.3 Å². The molecule has 0 aliphatic heterocycles. The van der Waals surface area contributed by atoms with Crippen LogP contribution in [0.5, 0.6) is 0 Å². The number of methoxy groups -OCH3 is 1. The molecule has 1 rings (SSSR count). The van der Waals surface area contributed by atoms with Gasteiger partial charge in [0.05, 0.1) is 13.7 Å². The second kappa shape index (κ2) is 9.51. The predicted molar refractivity (Wildman–Crippen MR) is 89.8 cm³/mol. The maximum absolute atomic E-state index is 11.8. The van der Waals surface area contributed by atoms with Gasteiger partial charge in [-0.3, -0.25) is 0 Å². The van der Waals surface area contributed by atoms with Crippen LogP contribution in [0.2, 0.25) is 0 Å². The van der Waals surface area contributed by atoms with Crippen molar-refractivity contribution in [3.63, 3.8) is 0 Å². The smallest absolute Gasteiger partial charge is 0.408 e. The Labute approximate surface area is 146 Å². The van der Waals surface area contributed by atoms with Gasteiger partial charge < -0.3 is 24.8 Å². The first-order valence-electron chi connectivity index (χ1n) is 7.75. The van der Waals surface area contributed by atoms with Crippen LogP contribution in [0.15, 0.2) is 30.3 Å². The van der Waals surface area contributed by atoms with Gasteiger partial charge in [0.1, 0.15) is 18.2 Å². The van der Waals surface area contributed by atoms with E-state index in [0.29, 0.717) is 0 Å². The van der Waals surface area contributed by atoms with Crippen LogP contribution in [0.4, 0.5) is 9.59 Å². The van der Waals surface area contributed by atoms with Crippen molar-refractivity contribution in [3.8, 4) is 0 Å². The normalized spacial score (nSPS) is 11.8. The molecular formula is C17H24N2O6. The van der Waals surface area contributed by atoms with Crippen molar-refractivity contribution in [3.05, 3.63) is 35.9 Å². The van der Waals surface area contributed by atoms with Crippen LogP contribution < -0.4 is 10.6 Å². The predicted octanol–water partition coefficient (Wildman–Crippen LogP) is 1.98. The topological polar surface area (TPSA) is 103 Å². The zero-order chi connectivity index (χ0) is 18.9. The van der Waals surface area contributed by atoms with E-state index in [4.69, 9.17) is 9.47 Å². The molecular weight excluding hydrogens is 328 g/mol. The van der Waals surface area contributed by atoms with Crippen LogP contribution >= 0.6 is 0 Å². The first-order chi connectivity index (χ1) is 11.7. The summed E-state index contributed by atoms with van der Waals surface area (Å²) in [4.78, 5) is 34.7. The lowest BCUT2D eigenvalue weighted by atomic mass is 10.1. The van der Waals surface area contributed by atoms with Crippen molar-refractivity contribution in [1.29, 1.82) is 0 Å². The molecule has 0 radical (unpaired) electrons. The summed E-state index contributed by atoms with van der Waals surface area (Å²) < 4.78 is 14.8. The maximum Gasteiger partial charge on any atom is 0.408 e. The summed E-state index contributed by atoms with van der Waals surface area (Å²) in [5.74, 6) is -0.586. The molecule has 0 aliphatic carbocycles. The number of ether oxygens (including phenoxy) is 3. The summed E-state index contributed by atoms with van der Waals surface area (Å²) >= 11 is 0. The molecule has 1 atom stereocenters. The highest BCUT2D eigenvalue weighted by molar-refractivity contribution is 5.80. The maximum atomic E-state index is 11.8. The van der Waals surface area contributed by atoms with Gasteiger partial charge in [0.25, 0.3) is 0 Å². The van der Waals surface area contributed by atoms with Gasteiger partial charge in [0.2, 0.25) is 0 Å². The van der Waals surface area contributed by atoms with Gasteiger partial charge in [-0.1, -0.05) is 30.3 Å². The number of hydrogen-bond donors (Lipinski definition) is 2. The second-order valence-corrected chi connectivity index (χ2v) is 5.95. The number of carbonyl (C=O) groups excluding carboxylic acids is 3. The molecule has 0 aromatic heterocycles. The van der Waals surface area contributed by atoms with E-state index in [1.165, 1.54) is 14.0 Å². The molecule has 2 amide bonds. The van der Waals surface area contributed by atoms with E-state index in [1.807, 2.05) is 30.3 Å². The van der Waals surface area contributed by atoms with Gasteiger partial charge in [0, 0.05) is 0 Å². The number of alkyl carbamates (subject to hydrolysis) is 2. The molecule has 8 heteroatoms. The summed E-state index contributed by atoms with van der Waals surface area (Å²) in [6.07, 6.45) is -1.41. The summed E-state index contributed by atoms with van der Waals surface area (Å²) in [5, 5.41) is 4.87. The average Bonchev–Trinajstić information content (AvgIpc) is 2.57. The Balaban J connectivity index is 2.35. The van der Waals surface area contributed by atoms with E-state index in [9.17, 15) is 14.4 Å². The Morgan fingerprint density at radius 2 is 1.76 bits per heavy atom. The van der Waals surface area contributed by atoms with Crippen LogP contribution in [0.1, 0.15) is 26.3 Å². The zero-order valence-corrected chi connectivity index (χ0v) is 14.8.